The van der Waals surface area contributed by atoms with E-state index in [1.54, 1.807) is 6.07 Å². The lowest BCUT2D eigenvalue weighted by Crippen LogP contribution is -2.73. The van der Waals surface area contributed by atoms with Gasteiger partial charge in [0.05, 0.1) is 11.2 Å². The number of primary amides is 1. The number of carbonyl (C=O) groups excluding carboxylic acids is 2. The fourth-order valence-corrected chi connectivity index (χ4v) is 6.05. The Morgan fingerprint density at radius 1 is 1.30 bits per heavy atom. The molecule has 1 heterocycles. The minimum Gasteiger partial charge on any atom is -0.507 e. The molecule has 0 aromatic heterocycles. The molecule has 5 rings (SSSR count). The molecule has 0 radical (unpaired) electrons. The van der Waals surface area contributed by atoms with E-state index in [-0.39, 0.29) is 29.6 Å². The first-order valence-corrected chi connectivity index (χ1v) is 9.99. The van der Waals surface area contributed by atoms with E-state index in [1.165, 1.54) is 12.8 Å². The second-order valence-corrected chi connectivity index (χ2v) is 8.99. The van der Waals surface area contributed by atoms with Gasteiger partial charge in [0.15, 0.2) is 0 Å². The molecule has 1 aliphatic heterocycles. The van der Waals surface area contributed by atoms with Gasteiger partial charge in [-0.25, -0.2) is 0 Å². The van der Waals surface area contributed by atoms with Crippen LogP contribution < -0.4 is 5.73 Å². The highest BCUT2D eigenvalue weighted by molar-refractivity contribution is 5.96. The summed E-state index contributed by atoms with van der Waals surface area (Å²) in [5, 5.41) is 22.9. The number of phenols is 1. The predicted octanol–water partition coefficient (Wildman–Crippen LogP) is 1.25. The van der Waals surface area contributed by atoms with Gasteiger partial charge >= 0.3 is 0 Å². The molecular weight excluding hydrogens is 344 g/mol. The van der Waals surface area contributed by atoms with E-state index in [9.17, 15) is 19.8 Å². The molecule has 3 aliphatic carbocycles. The number of hydrogen-bond donors (Lipinski definition) is 3. The maximum atomic E-state index is 12.5. The molecule has 2 saturated carbocycles. The Hall–Kier alpha value is -1.92. The van der Waals surface area contributed by atoms with Crippen molar-refractivity contribution in [3.63, 3.8) is 0 Å². The van der Waals surface area contributed by atoms with Crippen molar-refractivity contribution in [2.75, 3.05) is 13.1 Å². The highest BCUT2D eigenvalue weighted by Crippen LogP contribution is 2.60. The molecule has 3 fully saturated rings. The van der Waals surface area contributed by atoms with Gasteiger partial charge in [0.2, 0.25) is 0 Å². The van der Waals surface area contributed by atoms with Crippen LogP contribution >= 0.6 is 0 Å². The Balaban J connectivity index is 1.70. The second kappa shape index (κ2) is 5.55. The number of Topliss-reactive ketones (excluding diaryl/α,β-unsaturated/α-hetero) is 1. The highest BCUT2D eigenvalue weighted by Gasteiger charge is 2.65. The number of likely N-dealkylation sites (tertiary alicyclic amines) is 1. The number of rotatable bonds is 3. The largest absolute Gasteiger partial charge is 0.507 e. The molecule has 1 amide bonds. The van der Waals surface area contributed by atoms with Crippen molar-refractivity contribution in [3.05, 3.63) is 28.8 Å². The molecule has 1 aromatic carbocycles. The molecule has 4 N–H and O–H groups in total. The lowest BCUT2D eigenvalue weighted by atomic mass is 9.49. The maximum absolute atomic E-state index is 12.5. The van der Waals surface area contributed by atoms with Crippen LogP contribution in [0.5, 0.6) is 5.75 Å². The van der Waals surface area contributed by atoms with Gasteiger partial charge in [0.25, 0.3) is 5.91 Å². The number of nitrogens with two attached hydrogens (primary N) is 1. The summed E-state index contributed by atoms with van der Waals surface area (Å²) in [6, 6.07) is 3.37. The summed E-state index contributed by atoms with van der Waals surface area (Å²) < 4.78 is 0. The first kappa shape index (κ1) is 17.2. The molecule has 1 aromatic rings. The number of ketones is 1. The molecule has 3 atom stereocenters. The first-order chi connectivity index (χ1) is 12.9. The van der Waals surface area contributed by atoms with Gasteiger partial charge in [0.1, 0.15) is 11.5 Å². The molecule has 1 saturated heterocycles. The normalized spacial score (nSPS) is 35.4. The van der Waals surface area contributed by atoms with Crippen molar-refractivity contribution in [1.29, 1.82) is 0 Å². The smallest absolute Gasteiger partial charge is 0.252 e. The van der Waals surface area contributed by atoms with E-state index in [0.717, 1.165) is 24.6 Å². The van der Waals surface area contributed by atoms with Gasteiger partial charge in [-0.05, 0) is 56.2 Å². The summed E-state index contributed by atoms with van der Waals surface area (Å²) in [6.45, 7) is 1.80. The Morgan fingerprint density at radius 2 is 2.07 bits per heavy atom. The third-order valence-electron chi connectivity index (χ3n) is 7.54. The summed E-state index contributed by atoms with van der Waals surface area (Å²) in [4.78, 5) is 26.7. The van der Waals surface area contributed by atoms with Crippen LogP contribution in [0.3, 0.4) is 0 Å². The van der Waals surface area contributed by atoms with E-state index in [1.807, 2.05) is 6.07 Å². The molecule has 27 heavy (non-hydrogen) atoms. The van der Waals surface area contributed by atoms with Crippen molar-refractivity contribution in [2.45, 2.75) is 62.0 Å². The van der Waals surface area contributed by atoms with E-state index < -0.39 is 16.9 Å². The van der Waals surface area contributed by atoms with Crippen LogP contribution in [0.1, 0.15) is 60.0 Å². The zero-order valence-electron chi connectivity index (χ0n) is 15.4. The number of nitrogens with zero attached hydrogens (tertiary/aromatic N) is 1. The number of piperidine rings is 1. The Labute approximate surface area is 158 Å². The van der Waals surface area contributed by atoms with E-state index in [2.05, 4.69) is 4.90 Å². The summed E-state index contributed by atoms with van der Waals surface area (Å²) in [5.74, 6) is 0.0112. The number of carbonyl (C=O) groups is 2. The average Bonchev–Trinajstić information content (AvgIpc) is 3.42. The first-order valence-electron chi connectivity index (χ1n) is 9.99. The van der Waals surface area contributed by atoms with Crippen LogP contribution in [0.25, 0.3) is 0 Å². The Morgan fingerprint density at radius 3 is 2.78 bits per heavy atom. The molecule has 6 heteroatoms. The summed E-state index contributed by atoms with van der Waals surface area (Å²) >= 11 is 0. The van der Waals surface area contributed by atoms with Crippen LogP contribution in [-0.2, 0) is 16.6 Å². The van der Waals surface area contributed by atoms with E-state index in [4.69, 9.17) is 5.73 Å². The van der Waals surface area contributed by atoms with Crippen LogP contribution in [0, 0.1) is 5.92 Å². The van der Waals surface area contributed by atoms with Crippen LogP contribution in [-0.4, -0.2) is 51.5 Å². The zero-order chi connectivity index (χ0) is 19.0. The lowest BCUT2D eigenvalue weighted by molar-refractivity contribution is -0.173. The molecule has 144 valence electrons. The Kier molecular flexibility index (Phi) is 3.53. The van der Waals surface area contributed by atoms with Gasteiger partial charge in [-0.1, -0.05) is 6.07 Å². The number of fused-ring (bicyclic) bond motifs is 1. The van der Waals surface area contributed by atoms with Gasteiger partial charge in [-0.2, -0.15) is 0 Å². The Bertz CT molecular complexity index is 849. The van der Waals surface area contributed by atoms with Gasteiger partial charge in [-0.15, -0.1) is 0 Å². The van der Waals surface area contributed by atoms with Crippen molar-refractivity contribution in [3.8, 4) is 5.75 Å². The lowest BCUT2D eigenvalue weighted by Gasteiger charge is -2.63. The molecule has 4 aliphatic rings. The quantitative estimate of drug-likeness (QED) is 0.743. The van der Waals surface area contributed by atoms with E-state index in [0.29, 0.717) is 31.2 Å². The SMILES string of the molecule is NC(=O)c1ccc2c(c1O)[C@@]13CCN(CC4CC4)[C@@H](C2)[C@@]1(O)CCC(=O)C3. The topological polar surface area (TPSA) is 104 Å². The number of benzene rings is 1. The fraction of sp³-hybridized carbons (Fsp3) is 0.619. The monoisotopic (exact) mass is 370 g/mol. The van der Waals surface area contributed by atoms with Crippen molar-refractivity contribution in [2.24, 2.45) is 11.7 Å². The number of hydrogen-bond acceptors (Lipinski definition) is 5. The highest BCUT2D eigenvalue weighted by atomic mass is 16.3. The van der Waals surface area contributed by atoms with Gasteiger partial charge < -0.3 is 15.9 Å². The fourth-order valence-electron chi connectivity index (χ4n) is 6.05. The number of aromatic hydroxyl groups is 1. The van der Waals surface area contributed by atoms with Crippen molar-refractivity contribution >= 4 is 11.7 Å². The molecular formula is C21H26N2O4. The molecule has 2 bridgehead atoms. The average molecular weight is 370 g/mol. The zero-order valence-corrected chi connectivity index (χ0v) is 15.4. The second-order valence-electron chi connectivity index (χ2n) is 8.99. The van der Waals surface area contributed by atoms with Crippen molar-refractivity contribution in [1.82, 2.24) is 4.90 Å². The third kappa shape index (κ3) is 2.26. The minimum absolute atomic E-state index is 0.0497. The molecule has 0 unspecified atom stereocenters. The van der Waals surface area contributed by atoms with Crippen LogP contribution in [0.15, 0.2) is 12.1 Å². The number of amides is 1. The predicted molar refractivity (Wildman–Crippen MR) is 98.5 cm³/mol. The van der Waals surface area contributed by atoms with Gasteiger partial charge in [0, 0.05) is 36.4 Å². The van der Waals surface area contributed by atoms with E-state index >= 15 is 0 Å². The van der Waals surface area contributed by atoms with Crippen molar-refractivity contribution < 1.29 is 19.8 Å². The number of aliphatic hydroxyl groups is 1. The summed E-state index contributed by atoms with van der Waals surface area (Å²) in [6.07, 6.45) is 4.76. The summed E-state index contributed by atoms with van der Waals surface area (Å²) in [5.41, 5.74) is 5.16. The molecule has 6 nitrogen and oxygen atoms in total. The summed E-state index contributed by atoms with van der Waals surface area (Å²) in [7, 11) is 0. The molecule has 0 spiro atoms. The minimum atomic E-state index is -1.06. The van der Waals surface area contributed by atoms with Crippen LogP contribution in [0.2, 0.25) is 0 Å². The maximum Gasteiger partial charge on any atom is 0.252 e. The third-order valence-corrected chi connectivity index (χ3v) is 7.54. The standard InChI is InChI=1S/C21H26N2O4/c22-19(26)15-4-3-13-9-16-21(27)6-5-14(24)10-20(21,17(13)18(15)25)7-8-23(16)11-12-1-2-12/h3-4,12,16,25,27H,1-2,5-11H2,(H2,22,26)/t16-,20-,21-/m0/s1. The van der Waals surface area contributed by atoms with Gasteiger partial charge in [-0.3, -0.25) is 14.5 Å². The van der Waals surface area contributed by atoms with Crippen LogP contribution in [0.4, 0.5) is 0 Å².